The Balaban J connectivity index is 1.57. The Morgan fingerprint density at radius 2 is 2.22 bits per heavy atom. The van der Waals surface area contributed by atoms with E-state index in [2.05, 4.69) is 16.5 Å². The predicted octanol–water partition coefficient (Wildman–Crippen LogP) is 2.48. The van der Waals surface area contributed by atoms with Crippen LogP contribution in [0, 0.1) is 12.8 Å². The summed E-state index contributed by atoms with van der Waals surface area (Å²) in [5.74, 6) is 1.95. The number of likely N-dealkylation sites (tertiary alicyclic amines) is 1. The van der Waals surface area contributed by atoms with Crippen molar-refractivity contribution in [3.05, 3.63) is 41.9 Å². The van der Waals surface area contributed by atoms with Gasteiger partial charge >= 0.3 is 0 Å². The van der Waals surface area contributed by atoms with Crippen molar-refractivity contribution in [2.75, 3.05) is 20.2 Å². The number of ether oxygens (including phenoxy) is 1. The largest absolute Gasteiger partial charge is 0.459 e. The van der Waals surface area contributed by atoms with E-state index in [1.807, 2.05) is 11.1 Å². The highest BCUT2D eigenvalue weighted by molar-refractivity contribution is 5.91. The fourth-order valence-corrected chi connectivity index (χ4v) is 3.14. The fourth-order valence-electron chi connectivity index (χ4n) is 3.14. The van der Waals surface area contributed by atoms with Crippen molar-refractivity contribution in [1.29, 1.82) is 0 Å². The predicted molar refractivity (Wildman–Crippen MR) is 85.0 cm³/mol. The second-order valence-electron chi connectivity index (χ2n) is 6.07. The number of rotatable bonds is 5. The third-order valence-electron chi connectivity index (χ3n) is 4.49. The van der Waals surface area contributed by atoms with Crippen molar-refractivity contribution >= 4 is 5.91 Å². The van der Waals surface area contributed by atoms with Gasteiger partial charge in [-0.1, -0.05) is 0 Å². The minimum Gasteiger partial charge on any atom is -0.459 e. The lowest BCUT2D eigenvalue weighted by atomic mass is 9.96. The first-order chi connectivity index (χ1) is 11.2. The first kappa shape index (κ1) is 15.8. The zero-order valence-corrected chi connectivity index (χ0v) is 13.7. The maximum Gasteiger partial charge on any atom is 0.289 e. The van der Waals surface area contributed by atoms with E-state index in [4.69, 9.17) is 9.15 Å². The Labute approximate surface area is 136 Å². The number of piperidine rings is 1. The van der Waals surface area contributed by atoms with Crippen molar-refractivity contribution in [3.63, 3.8) is 0 Å². The molecule has 1 saturated heterocycles. The molecule has 1 amide bonds. The lowest BCUT2D eigenvalue weighted by Crippen LogP contribution is -2.39. The number of furan rings is 1. The maximum atomic E-state index is 12.3. The molecule has 0 unspecified atom stereocenters. The summed E-state index contributed by atoms with van der Waals surface area (Å²) >= 11 is 0. The molecule has 0 bridgehead atoms. The minimum atomic E-state index is -0.00710. The number of hydrogen-bond acceptors (Lipinski definition) is 4. The van der Waals surface area contributed by atoms with Crippen molar-refractivity contribution in [3.8, 4) is 0 Å². The molecule has 0 saturated carbocycles. The van der Waals surface area contributed by atoms with Gasteiger partial charge in [-0.05, 0) is 37.8 Å². The molecule has 0 aliphatic carbocycles. The minimum absolute atomic E-state index is 0.00710. The van der Waals surface area contributed by atoms with Gasteiger partial charge in [-0.25, -0.2) is 4.98 Å². The molecule has 6 heteroatoms. The number of hydrogen-bond donors (Lipinski definition) is 0. The van der Waals surface area contributed by atoms with E-state index in [1.54, 1.807) is 25.5 Å². The molecule has 23 heavy (non-hydrogen) atoms. The normalized spacial score (nSPS) is 16.0. The van der Waals surface area contributed by atoms with Gasteiger partial charge in [-0.3, -0.25) is 4.79 Å². The second kappa shape index (κ2) is 7.00. The molecule has 3 heterocycles. The van der Waals surface area contributed by atoms with Gasteiger partial charge in [0.25, 0.3) is 5.91 Å². The van der Waals surface area contributed by atoms with Crippen LogP contribution >= 0.6 is 0 Å². The standard InChI is InChI=1S/C17H23N3O3/c1-13-10-18-16(12-22-2)20(13)11-14-5-7-19(8-6-14)17(21)15-4-3-9-23-15/h3-4,9-10,14H,5-8,11-12H2,1-2H3. The van der Waals surface area contributed by atoms with E-state index < -0.39 is 0 Å². The molecular weight excluding hydrogens is 294 g/mol. The van der Waals surface area contributed by atoms with Gasteiger partial charge in [-0.2, -0.15) is 0 Å². The van der Waals surface area contributed by atoms with Crippen molar-refractivity contribution in [2.45, 2.75) is 32.9 Å². The Hall–Kier alpha value is -2.08. The molecule has 0 aromatic carbocycles. The summed E-state index contributed by atoms with van der Waals surface area (Å²) < 4.78 is 12.7. The highest BCUT2D eigenvalue weighted by Crippen LogP contribution is 2.22. The van der Waals surface area contributed by atoms with Gasteiger partial charge in [0.15, 0.2) is 5.76 Å². The van der Waals surface area contributed by atoms with Gasteiger partial charge in [0.05, 0.1) is 6.26 Å². The summed E-state index contributed by atoms with van der Waals surface area (Å²) in [6.07, 6.45) is 5.43. The molecule has 1 fully saturated rings. The van der Waals surface area contributed by atoms with Crippen LogP contribution in [-0.2, 0) is 17.9 Å². The molecule has 0 atom stereocenters. The van der Waals surface area contributed by atoms with Gasteiger partial charge in [0, 0.05) is 38.6 Å². The van der Waals surface area contributed by atoms with Gasteiger partial charge < -0.3 is 18.6 Å². The first-order valence-electron chi connectivity index (χ1n) is 8.01. The van der Waals surface area contributed by atoms with Crippen molar-refractivity contribution < 1.29 is 13.9 Å². The molecule has 124 valence electrons. The summed E-state index contributed by atoms with van der Waals surface area (Å²) in [6, 6.07) is 3.47. The van der Waals surface area contributed by atoms with Crippen molar-refractivity contribution in [1.82, 2.24) is 14.5 Å². The Kier molecular flexibility index (Phi) is 4.81. The zero-order valence-electron chi connectivity index (χ0n) is 13.7. The smallest absolute Gasteiger partial charge is 0.289 e. The number of methoxy groups -OCH3 is 1. The molecule has 2 aromatic rings. The van der Waals surface area contributed by atoms with Crippen molar-refractivity contribution in [2.24, 2.45) is 5.92 Å². The number of amides is 1. The molecule has 6 nitrogen and oxygen atoms in total. The van der Waals surface area contributed by atoms with Crippen LogP contribution in [0.1, 0.15) is 34.9 Å². The lowest BCUT2D eigenvalue weighted by molar-refractivity contribution is 0.0649. The average molecular weight is 317 g/mol. The number of carbonyl (C=O) groups is 1. The summed E-state index contributed by atoms with van der Waals surface area (Å²) in [7, 11) is 1.69. The van der Waals surface area contributed by atoms with Crippen LogP contribution in [-0.4, -0.2) is 40.6 Å². The topological polar surface area (TPSA) is 60.5 Å². The third-order valence-corrected chi connectivity index (χ3v) is 4.49. The molecule has 3 rings (SSSR count). The molecule has 0 N–H and O–H groups in total. The number of imidazole rings is 1. The van der Waals surface area contributed by atoms with E-state index >= 15 is 0 Å². The monoisotopic (exact) mass is 317 g/mol. The Bertz CT molecular complexity index is 640. The molecule has 2 aromatic heterocycles. The highest BCUT2D eigenvalue weighted by atomic mass is 16.5. The van der Waals surface area contributed by atoms with Crippen LogP contribution in [0.3, 0.4) is 0 Å². The highest BCUT2D eigenvalue weighted by Gasteiger charge is 2.25. The van der Waals surface area contributed by atoms with E-state index in [0.29, 0.717) is 18.3 Å². The Morgan fingerprint density at radius 1 is 1.43 bits per heavy atom. The van der Waals surface area contributed by atoms with E-state index in [0.717, 1.165) is 44.0 Å². The number of aryl methyl sites for hydroxylation is 1. The van der Waals surface area contributed by atoms with Crippen LogP contribution in [0.5, 0.6) is 0 Å². The molecule has 1 aliphatic heterocycles. The second-order valence-corrected chi connectivity index (χ2v) is 6.07. The van der Waals surface area contributed by atoms with E-state index in [9.17, 15) is 4.79 Å². The average Bonchev–Trinajstić information content (AvgIpc) is 3.21. The van der Waals surface area contributed by atoms with Gasteiger partial charge in [0.2, 0.25) is 0 Å². The van der Waals surface area contributed by atoms with E-state index in [-0.39, 0.29) is 5.91 Å². The van der Waals surface area contributed by atoms with Crippen LogP contribution in [0.4, 0.5) is 0 Å². The lowest BCUT2D eigenvalue weighted by Gasteiger charge is -2.32. The quantitative estimate of drug-likeness (QED) is 0.850. The summed E-state index contributed by atoms with van der Waals surface area (Å²) in [4.78, 5) is 18.6. The number of carbonyl (C=O) groups excluding carboxylic acids is 1. The summed E-state index contributed by atoms with van der Waals surface area (Å²) in [6.45, 7) is 5.09. The van der Waals surface area contributed by atoms with Crippen LogP contribution in [0.15, 0.2) is 29.0 Å². The van der Waals surface area contributed by atoms with Crippen LogP contribution in [0.25, 0.3) is 0 Å². The number of nitrogens with zero attached hydrogens (tertiary/aromatic N) is 3. The third kappa shape index (κ3) is 3.47. The summed E-state index contributed by atoms with van der Waals surface area (Å²) in [5, 5.41) is 0. The first-order valence-corrected chi connectivity index (χ1v) is 8.01. The SMILES string of the molecule is COCc1ncc(C)n1CC1CCN(C(=O)c2ccco2)CC1. The number of aromatic nitrogens is 2. The van der Waals surface area contributed by atoms with Crippen LogP contribution < -0.4 is 0 Å². The molecule has 0 radical (unpaired) electrons. The summed E-state index contributed by atoms with van der Waals surface area (Å²) in [5.41, 5.74) is 1.16. The zero-order chi connectivity index (χ0) is 16.2. The maximum absolute atomic E-state index is 12.3. The molecular formula is C17H23N3O3. The molecule has 1 aliphatic rings. The fraction of sp³-hybridized carbons (Fsp3) is 0.529. The van der Waals surface area contributed by atoms with Gasteiger partial charge in [0.1, 0.15) is 12.4 Å². The van der Waals surface area contributed by atoms with Gasteiger partial charge in [-0.15, -0.1) is 0 Å². The Morgan fingerprint density at radius 3 is 2.87 bits per heavy atom. The van der Waals surface area contributed by atoms with E-state index in [1.165, 1.54) is 0 Å². The van der Waals surface area contributed by atoms with Crippen LogP contribution in [0.2, 0.25) is 0 Å². The molecule has 0 spiro atoms.